The van der Waals surface area contributed by atoms with Gasteiger partial charge in [0.2, 0.25) is 5.91 Å². The third-order valence-corrected chi connectivity index (χ3v) is 9.35. The largest absolute Gasteiger partial charge is 0.458 e. The molecule has 3 aliphatic rings. The van der Waals surface area contributed by atoms with Gasteiger partial charge in [-0.2, -0.15) is 0 Å². The van der Waals surface area contributed by atoms with Crippen LogP contribution in [0.2, 0.25) is 0 Å². The minimum atomic E-state index is -2.94. The molecule has 7 N–H and O–H groups in total. The standard InChI is InChI=1S/C31H53F2N5O7/c1-14(2)19(26(43)45-29(6,7)8)36-27(44)37-22(28(3,4)5)25(42)38-13-16-18(30(16,9)10)20(38)24(41)35-17(21(39)23(34)40)11-15-12-31(15,32)33/h14-20,22-24,35,40-41H,11-13,34H2,1-10H3,(H2,36,37,44)/t15?,16-,17?,18-,19?,20-,22+,23?,24?/m0/s1. The first-order chi connectivity index (χ1) is 20.3. The SMILES string of the molecule is CC(C)C(NC(=O)N[C@H](C(=O)N1C[C@H]2[C@@H]([C@H]1C(O)NC(CC1CC1(F)F)C(=O)C(N)O)C2(C)C)C(C)(C)C)C(=O)OC(C)(C)C. The fraction of sp³-hybridized carbons (Fsp3) is 0.871. The summed E-state index contributed by atoms with van der Waals surface area (Å²) in [5.74, 6) is -6.55. The van der Waals surface area contributed by atoms with Crippen LogP contribution in [-0.2, 0) is 19.1 Å². The Bertz CT molecular complexity index is 1150. The number of carbonyl (C=O) groups excluding carboxylic acids is 4. The molecule has 0 radical (unpaired) electrons. The number of esters is 1. The maximum Gasteiger partial charge on any atom is 0.329 e. The Morgan fingerprint density at radius 3 is 2.04 bits per heavy atom. The second kappa shape index (κ2) is 12.6. The number of Topliss-reactive ketones (excluding diaryl/α,β-unsaturated/α-hetero) is 1. The molecular weight excluding hydrogens is 592 g/mol. The van der Waals surface area contributed by atoms with Gasteiger partial charge >= 0.3 is 12.0 Å². The van der Waals surface area contributed by atoms with Crippen molar-refractivity contribution in [2.24, 2.45) is 40.2 Å². The van der Waals surface area contributed by atoms with Gasteiger partial charge in [0, 0.05) is 18.9 Å². The van der Waals surface area contributed by atoms with E-state index in [1.807, 2.05) is 13.8 Å². The summed E-state index contributed by atoms with van der Waals surface area (Å²) in [6, 6.07) is -5.04. The molecule has 45 heavy (non-hydrogen) atoms. The molecule has 3 rings (SSSR count). The van der Waals surface area contributed by atoms with Gasteiger partial charge < -0.3 is 30.5 Å². The highest BCUT2D eigenvalue weighted by molar-refractivity contribution is 5.90. The summed E-state index contributed by atoms with van der Waals surface area (Å²) in [5, 5.41) is 29.2. The van der Waals surface area contributed by atoms with Crippen LogP contribution in [-0.4, -0.2) is 93.5 Å². The zero-order chi connectivity index (χ0) is 34.6. The van der Waals surface area contributed by atoms with Crippen LogP contribution in [0, 0.1) is 34.5 Å². The number of rotatable bonds is 12. The molecule has 12 nitrogen and oxygen atoms in total. The number of urea groups is 1. The Morgan fingerprint density at radius 2 is 1.60 bits per heavy atom. The molecule has 0 bridgehead atoms. The molecule has 258 valence electrons. The van der Waals surface area contributed by atoms with Gasteiger partial charge in [0.1, 0.15) is 23.9 Å². The number of nitrogens with zero attached hydrogens (tertiary/aromatic N) is 1. The van der Waals surface area contributed by atoms with E-state index in [-0.39, 0.29) is 36.1 Å². The number of ether oxygens (including phenoxy) is 1. The van der Waals surface area contributed by atoms with Crippen LogP contribution in [0.15, 0.2) is 0 Å². The Labute approximate surface area is 264 Å². The number of aliphatic hydroxyl groups excluding tert-OH is 2. The molecule has 2 saturated carbocycles. The van der Waals surface area contributed by atoms with Crippen LogP contribution < -0.4 is 21.7 Å². The summed E-state index contributed by atoms with van der Waals surface area (Å²) in [7, 11) is 0. The van der Waals surface area contributed by atoms with E-state index in [0.29, 0.717) is 0 Å². The highest BCUT2D eigenvalue weighted by atomic mass is 19.3. The molecule has 0 aromatic carbocycles. The van der Waals surface area contributed by atoms with Crippen molar-refractivity contribution >= 4 is 23.7 Å². The summed E-state index contributed by atoms with van der Waals surface area (Å²) >= 11 is 0. The average Bonchev–Trinajstić information content (AvgIpc) is 3.52. The number of ketones is 1. The predicted molar refractivity (Wildman–Crippen MR) is 161 cm³/mol. The number of hydrogen-bond donors (Lipinski definition) is 6. The second-order valence-electron chi connectivity index (χ2n) is 16.0. The van der Waals surface area contributed by atoms with Gasteiger partial charge in [0.25, 0.3) is 5.92 Å². The quantitative estimate of drug-likeness (QED) is 0.136. The monoisotopic (exact) mass is 645 g/mol. The number of likely N-dealkylation sites (tertiary alicyclic amines) is 1. The summed E-state index contributed by atoms with van der Waals surface area (Å²) in [4.78, 5) is 54.4. The van der Waals surface area contributed by atoms with Gasteiger partial charge in [-0.3, -0.25) is 20.6 Å². The van der Waals surface area contributed by atoms with E-state index in [2.05, 4.69) is 16.0 Å². The Hall–Kier alpha value is -2.42. The normalized spacial score (nSPS) is 28.3. The minimum Gasteiger partial charge on any atom is -0.458 e. The third-order valence-electron chi connectivity index (χ3n) is 9.35. The average molecular weight is 646 g/mol. The molecule has 0 spiro atoms. The lowest BCUT2D eigenvalue weighted by molar-refractivity contribution is -0.158. The van der Waals surface area contributed by atoms with Gasteiger partial charge in [-0.25, -0.2) is 18.4 Å². The van der Waals surface area contributed by atoms with Gasteiger partial charge in [0.05, 0.1) is 12.1 Å². The van der Waals surface area contributed by atoms with E-state index < -0.39 is 89.6 Å². The highest BCUT2D eigenvalue weighted by Crippen LogP contribution is 2.65. The van der Waals surface area contributed by atoms with E-state index in [1.165, 1.54) is 4.90 Å². The number of fused-ring (bicyclic) bond motifs is 1. The molecule has 3 fully saturated rings. The van der Waals surface area contributed by atoms with Crippen LogP contribution in [0.1, 0.15) is 82.1 Å². The first kappa shape index (κ1) is 37.0. The van der Waals surface area contributed by atoms with Gasteiger partial charge in [-0.05, 0) is 55.8 Å². The Balaban J connectivity index is 1.82. The zero-order valence-electron chi connectivity index (χ0n) is 28.1. The summed E-state index contributed by atoms with van der Waals surface area (Å²) in [6.45, 7) is 18.2. The number of amides is 3. The van der Waals surface area contributed by atoms with E-state index in [0.717, 1.165) is 0 Å². The molecule has 0 aromatic rings. The van der Waals surface area contributed by atoms with Crippen molar-refractivity contribution in [1.82, 2.24) is 20.9 Å². The number of alkyl halides is 2. The van der Waals surface area contributed by atoms with E-state index in [9.17, 15) is 38.2 Å². The number of nitrogens with one attached hydrogen (secondary N) is 3. The smallest absolute Gasteiger partial charge is 0.329 e. The van der Waals surface area contributed by atoms with E-state index in [1.54, 1.807) is 55.4 Å². The maximum absolute atomic E-state index is 14.2. The number of aliphatic hydroxyl groups is 2. The Kier molecular flexibility index (Phi) is 10.4. The molecule has 5 unspecified atom stereocenters. The zero-order valence-corrected chi connectivity index (χ0v) is 28.1. The topological polar surface area (TPSA) is 183 Å². The lowest BCUT2D eigenvalue weighted by atomic mass is 9.85. The molecule has 1 saturated heterocycles. The summed E-state index contributed by atoms with van der Waals surface area (Å²) < 4.78 is 32.9. The Morgan fingerprint density at radius 1 is 1.04 bits per heavy atom. The first-order valence-electron chi connectivity index (χ1n) is 15.7. The van der Waals surface area contributed by atoms with Crippen molar-refractivity contribution in [2.45, 2.75) is 130 Å². The summed E-state index contributed by atoms with van der Waals surface area (Å²) in [6.07, 6.45) is -4.20. The second-order valence-corrected chi connectivity index (χ2v) is 16.0. The predicted octanol–water partition coefficient (Wildman–Crippen LogP) is 1.72. The minimum absolute atomic E-state index is 0.0110. The van der Waals surface area contributed by atoms with Gasteiger partial charge in [0.15, 0.2) is 12.0 Å². The fourth-order valence-electron chi connectivity index (χ4n) is 6.52. The number of piperidine rings is 1. The first-order valence-corrected chi connectivity index (χ1v) is 15.7. The molecule has 9 atom stereocenters. The van der Waals surface area contributed by atoms with Crippen molar-refractivity contribution in [1.29, 1.82) is 0 Å². The number of nitrogens with two attached hydrogens (primary N) is 1. The molecule has 0 aromatic heterocycles. The van der Waals surface area contributed by atoms with Crippen molar-refractivity contribution in [3.63, 3.8) is 0 Å². The molecule has 14 heteroatoms. The van der Waals surface area contributed by atoms with Crippen LogP contribution in [0.3, 0.4) is 0 Å². The number of carbonyl (C=O) groups is 4. The van der Waals surface area contributed by atoms with E-state index >= 15 is 0 Å². The lowest BCUT2D eigenvalue weighted by Gasteiger charge is -2.40. The van der Waals surface area contributed by atoms with Crippen molar-refractivity contribution < 1.29 is 42.9 Å². The van der Waals surface area contributed by atoms with Crippen molar-refractivity contribution in [2.75, 3.05) is 6.54 Å². The fourth-order valence-corrected chi connectivity index (χ4v) is 6.52. The molecular formula is C31H53F2N5O7. The van der Waals surface area contributed by atoms with Crippen molar-refractivity contribution in [3.05, 3.63) is 0 Å². The van der Waals surface area contributed by atoms with Crippen molar-refractivity contribution in [3.8, 4) is 0 Å². The molecule has 1 heterocycles. The van der Waals surface area contributed by atoms with Crippen LogP contribution in [0.25, 0.3) is 0 Å². The molecule has 1 aliphatic heterocycles. The van der Waals surface area contributed by atoms with Gasteiger partial charge in [-0.15, -0.1) is 0 Å². The maximum atomic E-state index is 14.2. The number of hydrogen-bond acceptors (Lipinski definition) is 9. The van der Waals surface area contributed by atoms with Crippen LogP contribution in [0.4, 0.5) is 13.6 Å². The summed E-state index contributed by atoms with van der Waals surface area (Å²) in [5.41, 5.74) is 3.55. The van der Waals surface area contributed by atoms with Crippen LogP contribution in [0.5, 0.6) is 0 Å². The highest BCUT2D eigenvalue weighted by Gasteiger charge is 2.69. The van der Waals surface area contributed by atoms with Crippen LogP contribution >= 0.6 is 0 Å². The number of halogens is 2. The third kappa shape index (κ3) is 8.49. The molecule has 2 aliphatic carbocycles. The van der Waals surface area contributed by atoms with Gasteiger partial charge in [-0.1, -0.05) is 48.5 Å². The molecule has 3 amide bonds. The van der Waals surface area contributed by atoms with E-state index in [4.69, 9.17) is 10.5 Å². The lowest BCUT2D eigenvalue weighted by Crippen LogP contribution is -2.63.